The number of carbonyl (C=O) groups is 1. The third kappa shape index (κ3) is 5.44. The first-order valence-electron chi connectivity index (χ1n) is 10.2. The molecule has 5 heteroatoms. The first-order chi connectivity index (χ1) is 14.5. The molecule has 3 aromatic rings. The van der Waals surface area contributed by atoms with Crippen molar-refractivity contribution in [3.63, 3.8) is 0 Å². The van der Waals surface area contributed by atoms with Gasteiger partial charge in [-0.2, -0.15) is 0 Å². The van der Waals surface area contributed by atoms with E-state index in [0.717, 1.165) is 29.7 Å². The second-order valence-electron chi connectivity index (χ2n) is 7.61. The van der Waals surface area contributed by atoms with Crippen LogP contribution in [0.15, 0.2) is 60.8 Å². The van der Waals surface area contributed by atoms with Gasteiger partial charge in [-0.05, 0) is 48.6 Å². The molecule has 0 aliphatic carbocycles. The molecule has 3 rings (SSSR count). The Morgan fingerprint density at radius 3 is 2.43 bits per heavy atom. The molecule has 0 unspecified atom stereocenters. The number of pyridine rings is 1. The van der Waals surface area contributed by atoms with Gasteiger partial charge in [0.05, 0.1) is 6.20 Å². The number of hydrogen-bond donors (Lipinski definition) is 1. The second-order valence-corrected chi connectivity index (χ2v) is 7.61. The first-order valence-corrected chi connectivity index (χ1v) is 10.2. The molecule has 1 aromatic heterocycles. The maximum atomic E-state index is 13.2. The Hall–Kier alpha value is -3.21. The number of aryl methyl sites for hydroxylation is 1. The molecule has 1 N–H and O–H groups in total. The summed E-state index contributed by atoms with van der Waals surface area (Å²) in [6, 6.07) is 15.3. The molecule has 1 heterocycles. The first kappa shape index (κ1) is 21.5. The quantitative estimate of drug-likeness (QED) is 0.513. The molecule has 30 heavy (non-hydrogen) atoms. The van der Waals surface area contributed by atoms with E-state index in [1.807, 2.05) is 18.2 Å². The Morgan fingerprint density at radius 1 is 1.10 bits per heavy atom. The van der Waals surface area contributed by atoms with Gasteiger partial charge >= 0.3 is 0 Å². The van der Waals surface area contributed by atoms with Crippen LogP contribution in [-0.4, -0.2) is 10.9 Å². The van der Waals surface area contributed by atoms with Gasteiger partial charge in [0.1, 0.15) is 23.9 Å². The maximum Gasteiger partial charge on any atom is 0.255 e. The number of benzene rings is 2. The molecule has 2 aromatic carbocycles. The lowest BCUT2D eigenvalue weighted by Gasteiger charge is -2.20. The van der Waals surface area contributed by atoms with Crippen molar-refractivity contribution >= 4 is 11.6 Å². The van der Waals surface area contributed by atoms with Crippen molar-refractivity contribution in [2.45, 2.75) is 40.2 Å². The van der Waals surface area contributed by atoms with E-state index in [4.69, 9.17) is 4.74 Å². The van der Waals surface area contributed by atoms with Crippen molar-refractivity contribution in [2.75, 3.05) is 5.32 Å². The summed E-state index contributed by atoms with van der Waals surface area (Å²) in [5.41, 5.74) is 3.91. The molecular formula is C25H27FN2O2. The van der Waals surface area contributed by atoms with E-state index in [9.17, 15) is 9.18 Å². The predicted molar refractivity (Wildman–Crippen MR) is 117 cm³/mol. The summed E-state index contributed by atoms with van der Waals surface area (Å²) in [6.07, 6.45) is 3.20. The number of rotatable bonds is 8. The van der Waals surface area contributed by atoms with E-state index in [0.29, 0.717) is 22.9 Å². The molecule has 156 valence electrons. The minimum absolute atomic E-state index is 0.219. The average Bonchev–Trinajstić information content (AvgIpc) is 2.75. The molecule has 4 nitrogen and oxygen atoms in total. The SMILES string of the molecule is CCc1ncc(NC(=O)c2ccccc2)c(OCc2ccc(F)cc2)c1CC(C)C. The van der Waals surface area contributed by atoms with Crippen molar-refractivity contribution < 1.29 is 13.9 Å². The van der Waals surface area contributed by atoms with Crippen LogP contribution < -0.4 is 10.1 Å². The molecule has 0 saturated carbocycles. The smallest absolute Gasteiger partial charge is 0.255 e. The fraction of sp³-hybridized carbons (Fsp3) is 0.280. The maximum absolute atomic E-state index is 13.2. The third-order valence-electron chi connectivity index (χ3n) is 4.74. The van der Waals surface area contributed by atoms with Crippen LogP contribution in [0.5, 0.6) is 5.75 Å². The van der Waals surface area contributed by atoms with E-state index in [2.05, 4.69) is 31.1 Å². The van der Waals surface area contributed by atoms with E-state index in [1.165, 1.54) is 12.1 Å². The highest BCUT2D eigenvalue weighted by Gasteiger charge is 2.19. The molecule has 0 saturated heterocycles. The number of ether oxygens (including phenoxy) is 1. The topological polar surface area (TPSA) is 51.2 Å². The number of hydrogen-bond acceptors (Lipinski definition) is 3. The van der Waals surface area contributed by atoms with Crippen molar-refractivity contribution in [3.8, 4) is 5.75 Å². The fourth-order valence-electron chi connectivity index (χ4n) is 3.27. The van der Waals surface area contributed by atoms with Crippen molar-refractivity contribution in [2.24, 2.45) is 5.92 Å². The molecule has 0 bridgehead atoms. The number of nitrogens with one attached hydrogen (secondary N) is 1. The van der Waals surface area contributed by atoms with Crippen molar-refractivity contribution in [1.82, 2.24) is 4.98 Å². The third-order valence-corrected chi connectivity index (χ3v) is 4.74. The summed E-state index contributed by atoms with van der Waals surface area (Å²) >= 11 is 0. The zero-order valence-corrected chi connectivity index (χ0v) is 17.6. The van der Waals surface area contributed by atoms with Crippen LogP contribution in [-0.2, 0) is 19.4 Å². The lowest BCUT2D eigenvalue weighted by Crippen LogP contribution is -2.15. The van der Waals surface area contributed by atoms with Crippen LogP contribution in [0.2, 0.25) is 0 Å². The molecule has 0 spiro atoms. The van der Waals surface area contributed by atoms with Crippen LogP contribution in [0.3, 0.4) is 0 Å². The van der Waals surface area contributed by atoms with Gasteiger partial charge < -0.3 is 10.1 Å². The monoisotopic (exact) mass is 406 g/mol. The molecule has 0 aliphatic heterocycles. The Bertz CT molecular complexity index is 986. The molecule has 1 amide bonds. The van der Waals surface area contributed by atoms with Gasteiger partial charge in [0.2, 0.25) is 0 Å². The normalized spacial score (nSPS) is 10.8. The van der Waals surface area contributed by atoms with Crippen molar-refractivity contribution in [1.29, 1.82) is 0 Å². The predicted octanol–water partition coefficient (Wildman–Crippen LogP) is 5.81. The minimum Gasteiger partial charge on any atom is -0.486 e. The van der Waals surface area contributed by atoms with Gasteiger partial charge in [0.15, 0.2) is 0 Å². The second kappa shape index (κ2) is 10.0. The fourth-order valence-corrected chi connectivity index (χ4v) is 3.27. The summed E-state index contributed by atoms with van der Waals surface area (Å²) in [5, 5.41) is 2.95. The van der Waals surface area contributed by atoms with E-state index in [-0.39, 0.29) is 18.3 Å². The summed E-state index contributed by atoms with van der Waals surface area (Å²) in [4.78, 5) is 17.3. The highest BCUT2D eigenvalue weighted by molar-refractivity contribution is 6.05. The van der Waals surface area contributed by atoms with Crippen LogP contribution in [0.25, 0.3) is 0 Å². The van der Waals surface area contributed by atoms with Crippen LogP contribution >= 0.6 is 0 Å². The number of anilines is 1. The van der Waals surface area contributed by atoms with Crippen LogP contribution in [0, 0.1) is 11.7 Å². The number of amides is 1. The number of carbonyl (C=O) groups excluding carboxylic acids is 1. The number of aromatic nitrogens is 1. The lowest BCUT2D eigenvalue weighted by molar-refractivity contribution is 0.102. The van der Waals surface area contributed by atoms with Gasteiger partial charge in [-0.15, -0.1) is 0 Å². The molecule has 0 fully saturated rings. The van der Waals surface area contributed by atoms with Gasteiger partial charge in [0, 0.05) is 16.8 Å². The van der Waals surface area contributed by atoms with Gasteiger partial charge in [-0.1, -0.05) is 51.1 Å². The summed E-state index contributed by atoms with van der Waals surface area (Å²) in [5.74, 6) is 0.519. The Labute approximate surface area is 177 Å². The zero-order chi connectivity index (χ0) is 21.5. The van der Waals surface area contributed by atoms with Crippen molar-refractivity contribution in [3.05, 3.63) is 89.0 Å². The molecule has 0 radical (unpaired) electrons. The largest absolute Gasteiger partial charge is 0.486 e. The van der Waals surface area contributed by atoms with E-state index < -0.39 is 0 Å². The van der Waals surface area contributed by atoms with Crippen LogP contribution in [0.4, 0.5) is 10.1 Å². The van der Waals surface area contributed by atoms with E-state index in [1.54, 1.807) is 30.5 Å². The highest BCUT2D eigenvalue weighted by atomic mass is 19.1. The standard InChI is InChI=1S/C25H27FN2O2/c1-4-22-21(14-17(2)3)24(30-16-18-10-12-20(26)13-11-18)23(15-27-22)28-25(29)19-8-6-5-7-9-19/h5-13,15,17H,4,14,16H2,1-3H3,(H,28,29). The Morgan fingerprint density at radius 2 is 1.80 bits per heavy atom. The number of halogens is 1. The molecular weight excluding hydrogens is 379 g/mol. The number of nitrogens with zero attached hydrogens (tertiary/aromatic N) is 1. The summed E-state index contributed by atoms with van der Waals surface area (Å²) in [7, 11) is 0. The average molecular weight is 407 g/mol. The lowest BCUT2D eigenvalue weighted by atomic mass is 9.98. The Kier molecular flexibility index (Phi) is 7.17. The minimum atomic E-state index is -0.285. The summed E-state index contributed by atoms with van der Waals surface area (Å²) < 4.78 is 19.4. The summed E-state index contributed by atoms with van der Waals surface area (Å²) in [6.45, 7) is 6.60. The molecule has 0 aliphatic rings. The van der Waals surface area contributed by atoms with Gasteiger partial charge in [0.25, 0.3) is 5.91 Å². The van der Waals surface area contributed by atoms with Gasteiger partial charge in [-0.25, -0.2) is 4.39 Å². The van der Waals surface area contributed by atoms with Gasteiger partial charge in [-0.3, -0.25) is 9.78 Å². The Balaban J connectivity index is 1.95. The highest BCUT2D eigenvalue weighted by Crippen LogP contribution is 2.34. The van der Waals surface area contributed by atoms with Crippen LogP contribution in [0.1, 0.15) is 48.0 Å². The molecule has 0 atom stereocenters. The van der Waals surface area contributed by atoms with E-state index >= 15 is 0 Å². The zero-order valence-electron chi connectivity index (χ0n) is 17.6.